The van der Waals surface area contributed by atoms with E-state index >= 15 is 0 Å². The van der Waals surface area contributed by atoms with Crippen LogP contribution >= 0.6 is 0 Å². The molecule has 0 radical (unpaired) electrons. The summed E-state index contributed by atoms with van der Waals surface area (Å²) < 4.78 is 16.0. The Morgan fingerprint density at radius 3 is 2.43 bits per heavy atom. The second-order valence-corrected chi connectivity index (χ2v) is 5.57. The van der Waals surface area contributed by atoms with E-state index in [-0.39, 0.29) is 0 Å². The van der Waals surface area contributed by atoms with Gasteiger partial charge in [-0.25, -0.2) is 4.79 Å². The molecule has 21 heavy (non-hydrogen) atoms. The molecule has 0 bridgehead atoms. The molecule has 5 heteroatoms. The highest BCUT2D eigenvalue weighted by atomic mass is 16.5. The molecule has 1 aromatic heterocycles. The van der Waals surface area contributed by atoms with Crippen LogP contribution in [0.1, 0.15) is 25.8 Å². The van der Waals surface area contributed by atoms with E-state index in [1.807, 2.05) is 0 Å². The molecule has 5 nitrogen and oxygen atoms in total. The van der Waals surface area contributed by atoms with E-state index in [1.54, 1.807) is 40.2 Å². The lowest BCUT2D eigenvalue weighted by molar-refractivity contribution is 0.0713. The monoisotopic (exact) mass is 292 g/mol. The van der Waals surface area contributed by atoms with Gasteiger partial charge in [0, 0.05) is 17.7 Å². The van der Waals surface area contributed by atoms with Crippen LogP contribution in [0.2, 0.25) is 0 Å². The van der Waals surface area contributed by atoms with Gasteiger partial charge in [-0.15, -0.1) is 0 Å². The van der Waals surface area contributed by atoms with Crippen molar-refractivity contribution in [2.24, 2.45) is 0 Å². The van der Waals surface area contributed by atoms with E-state index < -0.39 is 11.2 Å². The number of rotatable bonds is 5. The van der Waals surface area contributed by atoms with Crippen molar-refractivity contribution in [1.29, 1.82) is 0 Å². The fraction of sp³-hybridized carbons (Fsp3) is 0.438. The van der Waals surface area contributed by atoms with E-state index in [4.69, 9.17) is 13.9 Å². The van der Waals surface area contributed by atoms with Gasteiger partial charge in [0.2, 0.25) is 0 Å². The van der Waals surface area contributed by atoms with Gasteiger partial charge < -0.3 is 19.0 Å². The molecule has 1 heterocycles. The molecule has 0 aliphatic rings. The first kappa shape index (κ1) is 15.4. The highest BCUT2D eigenvalue weighted by Gasteiger charge is 2.19. The molecule has 1 aromatic carbocycles. The summed E-state index contributed by atoms with van der Waals surface area (Å²) in [5.41, 5.74) is -0.0369. The third-order valence-corrected chi connectivity index (χ3v) is 3.36. The third kappa shape index (κ3) is 3.36. The van der Waals surface area contributed by atoms with Crippen LogP contribution in [-0.4, -0.2) is 24.9 Å². The van der Waals surface area contributed by atoms with Crippen LogP contribution in [0.5, 0.6) is 11.5 Å². The number of aliphatic hydroxyl groups is 1. The van der Waals surface area contributed by atoms with Gasteiger partial charge in [-0.3, -0.25) is 0 Å². The molecule has 1 N–H and O–H groups in total. The van der Waals surface area contributed by atoms with Gasteiger partial charge in [-0.2, -0.15) is 0 Å². The largest absolute Gasteiger partial charge is 0.496 e. The summed E-state index contributed by atoms with van der Waals surface area (Å²) in [4.78, 5) is 11.5. The average Bonchev–Trinajstić information content (AvgIpc) is 2.42. The van der Waals surface area contributed by atoms with Crippen molar-refractivity contribution < 1.29 is 19.0 Å². The third-order valence-electron chi connectivity index (χ3n) is 3.36. The molecule has 0 unspecified atom stereocenters. The van der Waals surface area contributed by atoms with E-state index in [1.165, 1.54) is 6.07 Å². The van der Waals surface area contributed by atoms with Gasteiger partial charge in [-0.05, 0) is 32.8 Å². The summed E-state index contributed by atoms with van der Waals surface area (Å²) >= 11 is 0. The number of fused-ring (bicyclic) bond motifs is 1. The number of aryl methyl sites for hydroxylation is 1. The van der Waals surface area contributed by atoms with Gasteiger partial charge in [0.1, 0.15) is 17.1 Å². The van der Waals surface area contributed by atoms with Crippen molar-refractivity contribution in [2.45, 2.75) is 32.3 Å². The van der Waals surface area contributed by atoms with Crippen molar-refractivity contribution in [1.82, 2.24) is 0 Å². The molecule has 114 valence electrons. The minimum absolute atomic E-state index is 0.428. The standard InChI is InChI=1S/C16H20O5/c1-16(2,18)8-7-11-13(20-4)9-12(19-3)10-5-6-14(17)21-15(10)11/h5-6,9,18H,7-8H2,1-4H3. The number of hydrogen-bond donors (Lipinski definition) is 1. The number of methoxy groups -OCH3 is 2. The normalized spacial score (nSPS) is 11.7. The van der Waals surface area contributed by atoms with Crippen LogP contribution in [0.15, 0.2) is 27.4 Å². The van der Waals surface area contributed by atoms with Gasteiger partial charge in [0.05, 0.1) is 25.2 Å². The first-order chi connectivity index (χ1) is 9.85. The van der Waals surface area contributed by atoms with Gasteiger partial charge in [0.15, 0.2) is 0 Å². The first-order valence-corrected chi connectivity index (χ1v) is 6.76. The fourth-order valence-electron chi connectivity index (χ4n) is 2.25. The highest BCUT2D eigenvalue weighted by Crippen LogP contribution is 2.36. The summed E-state index contributed by atoms with van der Waals surface area (Å²) in [5, 5.41) is 10.6. The van der Waals surface area contributed by atoms with Crippen molar-refractivity contribution in [3.05, 3.63) is 34.2 Å². The predicted octanol–water partition coefficient (Wildman–Crippen LogP) is 2.51. The van der Waals surface area contributed by atoms with E-state index in [9.17, 15) is 9.90 Å². The van der Waals surface area contributed by atoms with E-state index in [0.717, 1.165) is 5.56 Å². The summed E-state index contributed by atoms with van der Waals surface area (Å²) in [7, 11) is 3.10. The Bertz CT molecular complexity index is 694. The molecular formula is C16H20O5. The van der Waals surface area contributed by atoms with Crippen LogP contribution in [-0.2, 0) is 6.42 Å². The number of benzene rings is 1. The van der Waals surface area contributed by atoms with Crippen molar-refractivity contribution >= 4 is 11.0 Å². The first-order valence-electron chi connectivity index (χ1n) is 6.76. The Morgan fingerprint density at radius 2 is 1.86 bits per heavy atom. The molecule has 0 spiro atoms. The molecule has 0 saturated carbocycles. The SMILES string of the molecule is COc1cc(OC)c2ccc(=O)oc2c1CCC(C)(C)O. The van der Waals surface area contributed by atoms with E-state index in [2.05, 4.69) is 0 Å². The topological polar surface area (TPSA) is 68.9 Å². The van der Waals surface area contributed by atoms with Gasteiger partial charge in [0.25, 0.3) is 0 Å². The Kier molecular flexibility index (Phi) is 4.23. The second-order valence-electron chi connectivity index (χ2n) is 5.57. The zero-order valence-corrected chi connectivity index (χ0v) is 12.7. The Balaban J connectivity index is 2.65. The van der Waals surface area contributed by atoms with Crippen molar-refractivity contribution in [3.8, 4) is 11.5 Å². The maximum atomic E-state index is 11.5. The minimum atomic E-state index is -0.813. The Labute approximate surface area is 123 Å². The average molecular weight is 292 g/mol. The maximum absolute atomic E-state index is 11.5. The number of hydrogen-bond acceptors (Lipinski definition) is 5. The zero-order chi connectivity index (χ0) is 15.6. The Morgan fingerprint density at radius 1 is 1.19 bits per heavy atom. The van der Waals surface area contributed by atoms with Crippen LogP contribution in [0.3, 0.4) is 0 Å². The molecule has 0 atom stereocenters. The molecular weight excluding hydrogens is 272 g/mol. The van der Waals surface area contributed by atoms with Crippen LogP contribution < -0.4 is 15.1 Å². The molecule has 0 aliphatic carbocycles. The predicted molar refractivity (Wildman–Crippen MR) is 80.2 cm³/mol. The smallest absolute Gasteiger partial charge is 0.336 e. The van der Waals surface area contributed by atoms with E-state index in [0.29, 0.717) is 35.3 Å². The van der Waals surface area contributed by atoms with Crippen LogP contribution in [0.4, 0.5) is 0 Å². The highest BCUT2D eigenvalue weighted by molar-refractivity contribution is 5.88. The number of ether oxygens (including phenoxy) is 2. The minimum Gasteiger partial charge on any atom is -0.496 e. The lowest BCUT2D eigenvalue weighted by Gasteiger charge is -2.19. The second kappa shape index (κ2) is 5.77. The fourth-order valence-corrected chi connectivity index (χ4v) is 2.25. The molecule has 0 fully saturated rings. The molecule has 0 amide bonds. The summed E-state index contributed by atoms with van der Waals surface area (Å²) in [6, 6.07) is 4.80. The van der Waals surface area contributed by atoms with Crippen LogP contribution in [0, 0.1) is 0 Å². The molecule has 2 aromatic rings. The zero-order valence-electron chi connectivity index (χ0n) is 12.7. The van der Waals surface area contributed by atoms with Crippen LogP contribution in [0.25, 0.3) is 11.0 Å². The van der Waals surface area contributed by atoms with Gasteiger partial charge in [-0.1, -0.05) is 0 Å². The summed E-state index contributed by atoms with van der Waals surface area (Å²) in [6.45, 7) is 3.47. The molecule has 0 aliphatic heterocycles. The quantitative estimate of drug-likeness (QED) is 0.858. The lowest BCUT2D eigenvalue weighted by Crippen LogP contribution is -2.19. The van der Waals surface area contributed by atoms with Gasteiger partial charge >= 0.3 is 5.63 Å². The molecule has 2 rings (SSSR count). The summed E-state index contributed by atoms with van der Waals surface area (Å²) in [6.07, 6.45) is 1.05. The Hall–Kier alpha value is -2.01. The molecule has 0 saturated heterocycles. The summed E-state index contributed by atoms with van der Waals surface area (Å²) in [5.74, 6) is 1.16. The maximum Gasteiger partial charge on any atom is 0.336 e. The van der Waals surface area contributed by atoms with Crippen molar-refractivity contribution in [3.63, 3.8) is 0 Å². The lowest BCUT2D eigenvalue weighted by atomic mass is 9.96. The van der Waals surface area contributed by atoms with Crippen molar-refractivity contribution in [2.75, 3.05) is 14.2 Å².